The smallest absolute Gasteiger partial charge is 0.242 e. The molecule has 1 aliphatic rings. The van der Waals surface area contributed by atoms with Gasteiger partial charge in [-0.05, 0) is 26.3 Å². The molecule has 110 valence electrons. The van der Waals surface area contributed by atoms with Crippen molar-refractivity contribution in [2.24, 2.45) is 5.73 Å². The highest BCUT2D eigenvalue weighted by atomic mass is 16.2. The van der Waals surface area contributed by atoms with Crippen molar-refractivity contribution in [3.05, 3.63) is 35.4 Å². The molecule has 0 saturated carbocycles. The van der Waals surface area contributed by atoms with E-state index in [1.54, 1.807) is 13.8 Å². The molecular weight excluding hydrogens is 250 g/mol. The van der Waals surface area contributed by atoms with E-state index in [2.05, 4.69) is 36.1 Å². The highest BCUT2D eigenvalue weighted by Crippen LogP contribution is 2.12. The van der Waals surface area contributed by atoms with Gasteiger partial charge in [0.25, 0.3) is 0 Å². The molecule has 1 fully saturated rings. The molecule has 0 atom stereocenters. The zero-order valence-electron chi connectivity index (χ0n) is 12.7. The molecule has 1 aromatic rings. The van der Waals surface area contributed by atoms with E-state index in [1.807, 2.05) is 4.90 Å². The number of piperazine rings is 1. The number of hydrogen-bond acceptors (Lipinski definition) is 3. The van der Waals surface area contributed by atoms with Crippen molar-refractivity contribution in [1.82, 2.24) is 9.80 Å². The largest absolute Gasteiger partial charge is 0.339 e. The van der Waals surface area contributed by atoms with E-state index < -0.39 is 5.54 Å². The highest BCUT2D eigenvalue weighted by molar-refractivity contribution is 5.85. The number of carbonyl (C=O) groups is 1. The molecule has 4 heteroatoms. The quantitative estimate of drug-likeness (QED) is 0.906. The summed E-state index contributed by atoms with van der Waals surface area (Å²) in [6.45, 7) is 9.98. The molecule has 0 radical (unpaired) electrons. The van der Waals surface area contributed by atoms with Crippen LogP contribution in [0, 0.1) is 6.92 Å². The van der Waals surface area contributed by atoms with Crippen LogP contribution in [0.2, 0.25) is 0 Å². The summed E-state index contributed by atoms with van der Waals surface area (Å²) in [6.07, 6.45) is 0. The lowest BCUT2D eigenvalue weighted by atomic mass is 10.0. The highest BCUT2D eigenvalue weighted by Gasteiger charge is 2.30. The molecule has 0 aromatic heterocycles. The number of carbonyl (C=O) groups excluding carboxylic acids is 1. The van der Waals surface area contributed by atoms with Gasteiger partial charge in [0.1, 0.15) is 0 Å². The number of nitrogens with zero attached hydrogens (tertiary/aromatic N) is 2. The van der Waals surface area contributed by atoms with E-state index in [-0.39, 0.29) is 5.91 Å². The fourth-order valence-corrected chi connectivity index (χ4v) is 2.59. The van der Waals surface area contributed by atoms with Crippen molar-refractivity contribution in [2.75, 3.05) is 26.2 Å². The Balaban J connectivity index is 1.87. The van der Waals surface area contributed by atoms with Gasteiger partial charge in [-0.1, -0.05) is 29.8 Å². The lowest BCUT2D eigenvalue weighted by Gasteiger charge is -2.37. The molecule has 1 saturated heterocycles. The van der Waals surface area contributed by atoms with Crippen molar-refractivity contribution in [3.63, 3.8) is 0 Å². The van der Waals surface area contributed by atoms with Crippen LogP contribution in [0.1, 0.15) is 25.0 Å². The van der Waals surface area contributed by atoms with Gasteiger partial charge in [-0.25, -0.2) is 0 Å². The van der Waals surface area contributed by atoms with Crippen molar-refractivity contribution < 1.29 is 4.79 Å². The maximum absolute atomic E-state index is 12.1. The number of amides is 1. The summed E-state index contributed by atoms with van der Waals surface area (Å²) in [5, 5.41) is 0. The number of aryl methyl sites for hydroxylation is 1. The van der Waals surface area contributed by atoms with Crippen LogP contribution in [-0.4, -0.2) is 47.4 Å². The molecule has 0 bridgehead atoms. The molecule has 1 heterocycles. The fourth-order valence-electron chi connectivity index (χ4n) is 2.59. The Morgan fingerprint density at radius 1 is 1.25 bits per heavy atom. The van der Waals surface area contributed by atoms with Gasteiger partial charge in [-0.3, -0.25) is 9.69 Å². The average Bonchev–Trinajstić information content (AvgIpc) is 2.38. The minimum absolute atomic E-state index is 0.0488. The van der Waals surface area contributed by atoms with Gasteiger partial charge in [0.2, 0.25) is 5.91 Å². The van der Waals surface area contributed by atoms with Crippen molar-refractivity contribution in [2.45, 2.75) is 32.9 Å². The number of benzene rings is 1. The summed E-state index contributed by atoms with van der Waals surface area (Å²) in [4.78, 5) is 16.4. The molecule has 1 amide bonds. The molecule has 0 aliphatic carbocycles. The second-order valence-electron chi connectivity index (χ2n) is 6.28. The van der Waals surface area contributed by atoms with Gasteiger partial charge in [-0.2, -0.15) is 0 Å². The van der Waals surface area contributed by atoms with Crippen LogP contribution in [0.4, 0.5) is 0 Å². The lowest BCUT2D eigenvalue weighted by Crippen LogP contribution is -2.56. The van der Waals surface area contributed by atoms with E-state index in [1.165, 1.54) is 11.1 Å². The number of hydrogen-bond donors (Lipinski definition) is 1. The minimum atomic E-state index is -0.765. The maximum Gasteiger partial charge on any atom is 0.242 e. The van der Waals surface area contributed by atoms with E-state index in [0.717, 1.165) is 32.7 Å². The number of rotatable bonds is 3. The zero-order chi connectivity index (χ0) is 14.8. The van der Waals surface area contributed by atoms with Gasteiger partial charge in [0.15, 0.2) is 0 Å². The molecule has 2 rings (SSSR count). The molecule has 4 nitrogen and oxygen atoms in total. The fraction of sp³-hybridized carbons (Fsp3) is 0.562. The summed E-state index contributed by atoms with van der Waals surface area (Å²) in [5.41, 5.74) is 7.74. The Morgan fingerprint density at radius 3 is 2.45 bits per heavy atom. The molecule has 0 spiro atoms. The average molecular weight is 275 g/mol. The van der Waals surface area contributed by atoms with E-state index in [0.29, 0.717) is 0 Å². The third kappa shape index (κ3) is 3.81. The van der Waals surface area contributed by atoms with Crippen LogP contribution in [0.15, 0.2) is 24.3 Å². The second-order valence-corrected chi connectivity index (χ2v) is 6.28. The first-order valence-electron chi connectivity index (χ1n) is 7.22. The summed E-state index contributed by atoms with van der Waals surface area (Å²) in [6, 6.07) is 8.60. The molecule has 0 unspecified atom stereocenters. The minimum Gasteiger partial charge on any atom is -0.339 e. The van der Waals surface area contributed by atoms with Crippen molar-refractivity contribution in [3.8, 4) is 0 Å². The Kier molecular flexibility index (Phi) is 4.45. The first-order chi connectivity index (χ1) is 9.36. The Labute approximate surface area is 121 Å². The molecule has 1 aliphatic heterocycles. The van der Waals surface area contributed by atoms with Crippen LogP contribution in [-0.2, 0) is 11.3 Å². The van der Waals surface area contributed by atoms with Crippen LogP contribution in [0.25, 0.3) is 0 Å². The molecule has 20 heavy (non-hydrogen) atoms. The zero-order valence-corrected chi connectivity index (χ0v) is 12.7. The monoisotopic (exact) mass is 275 g/mol. The SMILES string of the molecule is Cc1cccc(CN2CCN(C(=O)C(C)(C)N)CC2)c1. The van der Waals surface area contributed by atoms with E-state index in [9.17, 15) is 4.79 Å². The lowest BCUT2D eigenvalue weighted by molar-refractivity contribution is -0.137. The summed E-state index contributed by atoms with van der Waals surface area (Å²) in [5.74, 6) is 0.0488. The topological polar surface area (TPSA) is 49.6 Å². The normalized spacial score (nSPS) is 17.3. The predicted molar refractivity (Wildman–Crippen MR) is 81.3 cm³/mol. The maximum atomic E-state index is 12.1. The standard InChI is InChI=1S/C16H25N3O/c1-13-5-4-6-14(11-13)12-18-7-9-19(10-8-18)15(20)16(2,3)17/h4-6,11H,7-10,12,17H2,1-3H3. The van der Waals surface area contributed by atoms with Crippen LogP contribution >= 0.6 is 0 Å². The summed E-state index contributed by atoms with van der Waals surface area (Å²) < 4.78 is 0. The van der Waals surface area contributed by atoms with Crippen LogP contribution in [0.5, 0.6) is 0 Å². The Morgan fingerprint density at radius 2 is 1.90 bits per heavy atom. The molecule has 2 N–H and O–H groups in total. The van der Waals surface area contributed by atoms with Crippen molar-refractivity contribution in [1.29, 1.82) is 0 Å². The Bertz CT molecular complexity index is 471. The second kappa shape index (κ2) is 5.94. The van der Waals surface area contributed by atoms with Crippen molar-refractivity contribution >= 4 is 5.91 Å². The molecule has 1 aromatic carbocycles. The molecular formula is C16H25N3O. The van der Waals surface area contributed by atoms with Gasteiger partial charge in [0, 0.05) is 32.7 Å². The number of nitrogens with two attached hydrogens (primary N) is 1. The third-order valence-electron chi connectivity index (χ3n) is 3.70. The third-order valence-corrected chi connectivity index (χ3v) is 3.70. The van der Waals surface area contributed by atoms with Gasteiger partial charge in [-0.15, -0.1) is 0 Å². The van der Waals surface area contributed by atoms with Crippen LogP contribution < -0.4 is 5.73 Å². The van der Waals surface area contributed by atoms with Crippen LogP contribution in [0.3, 0.4) is 0 Å². The van der Waals surface area contributed by atoms with E-state index in [4.69, 9.17) is 5.73 Å². The first kappa shape index (κ1) is 15.0. The summed E-state index contributed by atoms with van der Waals surface area (Å²) in [7, 11) is 0. The van der Waals surface area contributed by atoms with Gasteiger partial charge < -0.3 is 10.6 Å². The predicted octanol–water partition coefficient (Wildman–Crippen LogP) is 1.38. The summed E-state index contributed by atoms with van der Waals surface area (Å²) >= 11 is 0. The van der Waals surface area contributed by atoms with Gasteiger partial charge >= 0.3 is 0 Å². The van der Waals surface area contributed by atoms with E-state index >= 15 is 0 Å². The first-order valence-corrected chi connectivity index (χ1v) is 7.22. The van der Waals surface area contributed by atoms with Gasteiger partial charge in [0.05, 0.1) is 5.54 Å². The Hall–Kier alpha value is -1.39.